The quantitative estimate of drug-likeness (QED) is 0.805. The number of hydrogen-bond donors (Lipinski definition) is 2. The zero-order valence-corrected chi connectivity index (χ0v) is 14.5. The fraction of sp³-hybridized carbons (Fsp3) is 0.632. The van der Waals surface area contributed by atoms with E-state index in [2.05, 4.69) is 62.6 Å². The molecule has 2 N–H and O–H groups in total. The summed E-state index contributed by atoms with van der Waals surface area (Å²) in [6.07, 6.45) is 2.26. The molecule has 1 aliphatic carbocycles. The van der Waals surface area contributed by atoms with Crippen LogP contribution in [0.3, 0.4) is 0 Å². The van der Waals surface area contributed by atoms with E-state index in [9.17, 15) is 4.79 Å². The van der Waals surface area contributed by atoms with Crippen LogP contribution in [0.25, 0.3) is 0 Å². The highest BCUT2D eigenvalue weighted by atomic mass is 16.2. The molecule has 0 saturated heterocycles. The minimum absolute atomic E-state index is 0.118. The summed E-state index contributed by atoms with van der Waals surface area (Å²) in [6, 6.07) is 9.23. The number of hydrogen-bond acceptors (Lipinski definition) is 2. The summed E-state index contributed by atoms with van der Waals surface area (Å²) in [5.41, 5.74) is 2.61. The van der Waals surface area contributed by atoms with Crippen LogP contribution >= 0.6 is 0 Å². The van der Waals surface area contributed by atoms with Crippen molar-refractivity contribution in [2.45, 2.75) is 71.5 Å². The van der Waals surface area contributed by atoms with Crippen LogP contribution < -0.4 is 10.6 Å². The lowest BCUT2D eigenvalue weighted by molar-refractivity contribution is -0.123. The van der Waals surface area contributed by atoms with E-state index < -0.39 is 0 Å². The highest BCUT2D eigenvalue weighted by Gasteiger charge is 2.27. The van der Waals surface area contributed by atoms with Crippen LogP contribution in [0.4, 0.5) is 0 Å². The summed E-state index contributed by atoms with van der Waals surface area (Å²) < 4.78 is 0. The molecule has 1 aliphatic rings. The Hall–Kier alpha value is -1.35. The normalized spacial score (nSPS) is 17.6. The molecule has 3 heteroatoms. The summed E-state index contributed by atoms with van der Waals surface area (Å²) in [6.45, 7) is 10.8. The van der Waals surface area contributed by atoms with E-state index in [1.807, 2.05) is 6.92 Å². The first-order chi connectivity index (χ1) is 10.4. The van der Waals surface area contributed by atoms with Crippen molar-refractivity contribution in [1.82, 2.24) is 10.6 Å². The number of carbonyl (C=O) groups excluding carboxylic acids is 1. The van der Waals surface area contributed by atoms with E-state index in [4.69, 9.17) is 0 Å². The molecular formula is C19H30N2O. The van der Waals surface area contributed by atoms with Crippen molar-refractivity contribution in [1.29, 1.82) is 0 Å². The Morgan fingerprint density at radius 2 is 1.55 bits per heavy atom. The number of carbonyl (C=O) groups is 1. The van der Waals surface area contributed by atoms with E-state index >= 15 is 0 Å². The van der Waals surface area contributed by atoms with Gasteiger partial charge in [-0.25, -0.2) is 0 Å². The SMILES string of the molecule is CC(C)c1ccc([C@H](N[C@H](C)C(=O)NC2CC2)C(C)C)cc1. The third kappa shape index (κ3) is 4.57. The van der Waals surface area contributed by atoms with Crippen LogP contribution in [0.2, 0.25) is 0 Å². The second-order valence-electron chi connectivity index (χ2n) is 7.21. The maximum atomic E-state index is 12.2. The van der Waals surface area contributed by atoms with Crippen LogP contribution in [-0.2, 0) is 4.79 Å². The highest BCUT2D eigenvalue weighted by Crippen LogP contribution is 2.25. The molecule has 1 fully saturated rings. The van der Waals surface area contributed by atoms with Gasteiger partial charge in [0.05, 0.1) is 6.04 Å². The third-order valence-electron chi connectivity index (χ3n) is 4.38. The second kappa shape index (κ2) is 7.28. The molecule has 0 radical (unpaired) electrons. The Labute approximate surface area is 134 Å². The van der Waals surface area contributed by atoms with Gasteiger partial charge in [-0.2, -0.15) is 0 Å². The predicted molar refractivity (Wildman–Crippen MR) is 91.9 cm³/mol. The van der Waals surface area contributed by atoms with Crippen molar-refractivity contribution in [3.63, 3.8) is 0 Å². The minimum atomic E-state index is -0.169. The van der Waals surface area contributed by atoms with Crippen molar-refractivity contribution in [3.8, 4) is 0 Å². The zero-order valence-electron chi connectivity index (χ0n) is 14.5. The maximum absolute atomic E-state index is 12.2. The summed E-state index contributed by atoms with van der Waals surface area (Å²) in [5.74, 6) is 1.09. The second-order valence-corrected chi connectivity index (χ2v) is 7.21. The van der Waals surface area contributed by atoms with E-state index in [0.29, 0.717) is 17.9 Å². The monoisotopic (exact) mass is 302 g/mol. The van der Waals surface area contributed by atoms with E-state index in [1.54, 1.807) is 0 Å². The first-order valence-corrected chi connectivity index (χ1v) is 8.54. The average molecular weight is 302 g/mol. The van der Waals surface area contributed by atoms with Crippen molar-refractivity contribution in [2.75, 3.05) is 0 Å². The molecule has 0 heterocycles. The van der Waals surface area contributed by atoms with Crippen LogP contribution in [-0.4, -0.2) is 18.0 Å². The molecule has 3 nitrogen and oxygen atoms in total. The van der Waals surface area contributed by atoms with Gasteiger partial charge in [0, 0.05) is 12.1 Å². The Bertz CT molecular complexity index is 489. The molecule has 0 aromatic heterocycles. The average Bonchev–Trinajstić information content (AvgIpc) is 3.28. The fourth-order valence-electron chi connectivity index (χ4n) is 2.66. The van der Waals surface area contributed by atoms with Crippen LogP contribution in [0.1, 0.15) is 70.5 Å². The van der Waals surface area contributed by atoms with E-state index in [-0.39, 0.29) is 18.0 Å². The summed E-state index contributed by atoms with van der Waals surface area (Å²) in [7, 11) is 0. The molecule has 2 atom stereocenters. The van der Waals surface area contributed by atoms with Crippen LogP contribution in [0.15, 0.2) is 24.3 Å². The van der Waals surface area contributed by atoms with E-state index in [1.165, 1.54) is 11.1 Å². The number of rotatable bonds is 7. The maximum Gasteiger partial charge on any atom is 0.237 e. The largest absolute Gasteiger partial charge is 0.352 e. The topological polar surface area (TPSA) is 41.1 Å². The number of amides is 1. The lowest BCUT2D eigenvalue weighted by atomic mass is 9.93. The fourth-order valence-corrected chi connectivity index (χ4v) is 2.66. The number of benzene rings is 1. The Balaban J connectivity index is 2.03. The Morgan fingerprint density at radius 1 is 1.00 bits per heavy atom. The van der Waals surface area contributed by atoms with Gasteiger partial charge in [0.15, 0.2) is 0 Å². The van der Waals surface area contributed by atoms with E-state index in [0.717, 1.165) is 12.8 Å². The first-order valence-electron chi connectivity index (χ1n) is 8.54. The van der Waals surface area contributed by atoms with Gasteiger partial charge in [-0.3, -0.25) is 10.1 Å². The third-order valence-corrected chi connectivity index (χ3v) is 4.38. The predicted octanol–water partition coefficient (Wildman–Crippen LogP) is 3.76. The molecular weight excluding hydrogens is 272 g/mol. The van der Waals surface area contributed by atoms with Gasteiger partial charge in [0.1, 0.15) is 0 Å². The van der Waals surface area contributed by atoms with Crippen molar-refractivity contribution < 1.29 is 4.79 Å². The zero-order chi connectivity index (χ0) is 16.3. The van der Waals surface area contributed by atoms with Gasteiger partial charge >= 0.3 is 0 Å². The summed E-state index contributed by atoms with van der Waals surface area (Å²) >= 11 is 0. The molecule has 22 heavy (non-hydrogen) atoms. The van der Waals surface area contributed by atoms with Crippen LogP contribution in [0.5, 0.6) is 0 Å². The van der Waals surface area contributed by atoms with Crippen molar-refractivity contribution >= 4 is 5.91 Å². The van der Waals surface area contributed by atoms with Gasteiger partial charge in [0.2, 0.25) is 5.91 Å². The van der Waals surface area contributed by atoms with Gasteiger partial charge in [-0.1, -0.05) is 52.0 Å². The van der Waals surface area contributed by atoms with Gasteiger partial charge in [-0.05, 0) is 42.7 Å². The van der Waals surface area contributed by atoms with Crippen molar-refractivity contribution in [3.05, 3.63) is 35.4 Å². The first kappa shape index (κ1) is 17.0. The number of nitrogens with one attached hydrogen (secondary N) is 2. The molecule has 0 spiro atoms. The van der Waals surface area contributed by atoms with Crippen LogP contribution in [0, 0.1) is 5.92 Å². The summed E-state index contributed by atoms with van der Waals surface area (Å²) in [4.78, 5) is 12.2. The molecule has 0 unspecified atom stereocenters. The molecule has 0 bridgehead atoms. The standard InChI is InChI=1S/C19H30N2O/c1-12(2)15-6-8-16(9-7-15)18(13(3)4)20-14(5)19(22)21-17-10-11-17/h6-9,12-14,17-18,20H,10-11H2,1-5H3,(H,21,22)/t14-,18-/m1/s1. The molecule has 1 aromatic carbocycles. The minimum Gasteiger partial charge on any atom is -0.352 e. The lowest BCUT2D eigenvalue weighted by Crippen LogP contribution is -2.45. The lowest BCUT2D eigenvalue weighted by Gasteiger charge is -2.27. The summed E-state index contributed by atoms with van der Waals surface area (Å²) in [5, 5.41) is 6.57. The molecule has 122 valence electrons. The van der Waals surface area contributed by atoms with Gasteiger partial charge < -0.3 is 5.32 Å². The molecule has 0 aliphatic heterocycles. The highest BCUT2D eigenvalue weighted by molar-refractivity contribution is 5.81. The van der Waals surface area contributed by atoms with Gasteiger partial charge in [-0.15, -0.1) is 0 Å². The smallest absolute Gasteiger partial charge is 0.237 e. The molecule has 1 aromatic rings. The van der Waals surface area contributed by atoms with Gasteiger partial charge in [0.25, 0.3) is 0 Å². The van der Waals surface area contributed by atoms with Crippen molar-refractivity contribution in [2.24, 2.45) is 5.92 Å². The Morgan fingerprint density at radius 3 is 2.00 bits per heavy atom. The Kier molecular flexibility index (Phi) is 5.63. The molecule has 1 amide bonds. The molecule has 2 rings (SSSR count). The molecule has 1 saturated carbocycles.